The predicted molar refractivity (Wildman–Crippen MR) is 87.7 cm³/mol. The van der Waals surface area contributed by atoms with Crippen LogP contribution >= 0.6 is 23.1 Å². The van der Waals surface area contributed by atoms with E-state index in [4.69, 9.17) is 0 Å². The van der Waals surface area contributed by atoms with Gasteiger partial charge >= 0.3 is 0 Å². The third-order valence-electron chi connectivity index (χ3n) is 3.46. The van der Waals surface area contributed by atoms with Crippen LogP contribution in [0, 0.1) is 0 Å². The zero-order valence-electron chi connectivity index (χ0n) is 12.2. The second-order valence-corrected chi connectivity index (χ2v) is 8.66. The van der Waals surface area contributed by atoms with E-state index < -0.39 is 10.0 Å². The molecule has 0 aromatic carbocycles. The topological polar surface area (TPSA) is 57.7 Å². The van der Waals surface area contributed by atoms with E-state index in [0.29, 0.717) is 31.1 Å². The molecule has 0 spiro atoms. The highest BCUT2D eigenvalue weighted by molar-refractivity contribution is 7.99. The summed E-state index contributed by atoms with van der Waals surface area (Å²) in [5.41, 5.74) is 0. The average molecular weight is 349 g/mol. The lowest BCUT2D eigenvalue weighted by molar-refractivity contribution is 0.0774. The lowest BCUT2D eigenvalue weighted by Crippen LogP contribution is -2.39. The Morgan fingerprint density at radius 3 is 2.48 bits per heavy atom. The number of hydrogen-bond donors (Lipinski definition) is 0. The Balaban J connectivity index is 2.33. The smallest absolute Gasteiger partial charge is 0.265 e. The number of carbonyl (C=O) groups excluding carboxylic acids is 1. The van der Waals surface area contributed by atoms with Crippen molar-refractivity contribution in [1.29, 1.82) is 0 Å². The van der Waals surface area contributed by atoms with Crippen molar-refractivity contribution in [2.75, 3.05) is 37.7 Å². The van der Waals surface area contributed by atoms with Crippen molar-refractivity contribution >= 4 is 39.0 Å². The van der Waals surface area contributed by atoms with E-state index >= 15 is 0 Å². The molecule has 0 aliphatic carbocycles. The number of carbonyl (C=O) groups is 1. The molecule has 1 aromatic rings. The van der Waals surface area contributed by atoms with Gasteiger partial charge < -0.3 is 4.90 Å². The molecule has 0 radical (unpaired) electrons. The van der Waals surface area contributed by atoms with Crippen molar-refractivity contribution in [3.63, 3.8) is 0 Å². The SMILES string of the molecule is CCN(CC)C(=O)c1sccc1S(=O)(=O)N1CCSCC1. The molecule has 1 fully saturated rings. The molecule has 1 aliphatic rings. The van der Waals surface area contributed by atoms with E-state index in [1.165, 1.54) is 15.6 Å². The second kappa shape index (κ2) is 7.13. The van der Waals surface area contributed by atoms with Crippen LogP contribution < -0.4 is 0 Å². The minimum Gasteiger partial charge on any atom is -0.338 e. The number of hydrogen-bond acceptors (Lipinski definition) is 5. The number of thioether (sulfide) groups is 1. The summed E-state index contributed by atoms with van der Waals surface area (Å²) in [4.78, 5) is 14.6. The molecule has 5 nitrogen and oxygen atoms in total. The number of rotatable bonds is 5. The molecule has 1 saturated heterocycles. The zero-order chi connectivity index (χ0) is 15.5. The molecule has 0 N–H and O–H groups in total. The predicted octanol–water partition coefficient (Wildman–Crippen LogP) is 1.97. The van der Waals surface area contributed by atoms with Gasteiger partial charge in [0.05, 0.1) is 0 Å². The molecule has 118 valence electrons. The van der Waals surface area contributed by atoms with Gasteiger partial charge in [-0.2, -0.15) is 16.1 Å². The van der Waals surface area contributed by atoms with Crippen molar-refractivity contribution in [2.45, 2.75) is 18.7 Å². The molecule has 1 aromatic heterocycles. The van der Waals surface area contributed by atoms with Gasteiger partial charge in [-0.3, -0.25) is 4.79 Å². The first-order chi connectivity index (χ1) is 10.0. The summed E-state index contributed by atoms with van der Waals surface area (Å²) in [6, 6.07) is 1.55. The molecule has 8 heteroatoms. The van der Waals surface area contributed by atoms with Gasteiger partial charge in [-0.05, 0) is 25.3 Å². The third-order valence-corrected chi connectivity index (χ3v) is 7.38. The van der Waals surface area contributed by atoms with Gasteiger partial charge in [-0.15, -0.1) is 11.3 Å². The van der Waals surface area contributed by atoms with E-state index in [1.54, 1.807) is 28.1 Å². The summed E-state index contributed by atoms with van der Waals surface area (Å²) < 4.78 is 26.9. The van der Waals surface area contributed by atoms with Gasteiger partial charge in [0, 0.05) is 37.7 Å². The van der Waals surface area contributed by atoms with Crippen molar-refractivity contribution in [3.05, 3.63) is 16.3 Å². The van der Waals surface area contributed by atoms with Gasteiger partial charge in [0.1, 0.15) is 9.77 Å². The Morgan fingerprint density at radius 2 is 1.90 bits per heavy atom. The maximum atomic E-state index is 12.7. The summed E-state index contributed by atoms with van der Waals surface area (Å²) in [5.74, 6) is 1.42. The van der Waals surface area contributed by atoms with Crippen LogP contribution in [-0.2, 0) is 10.0 Å². The van der Waals surface area contributed by atoms with Gasteiger partial charge in [0.2, 0.25) is 10.0 Å². The normalized spacial score (nSPS) is 16.9. The van der Waals surface area contributed by atoms with Crippen molar-refractivity contribution < 1.29 is 13.2 Å². The third kappa shape index (κ3) is 3.44. The second-order valence-electron chi connectivity index (χ2n) is 4.61. The molecule has 2 heterocycles. The van der Waals surface area contributed by atoms with Crippen LogP contribution in [0.2, 0.25) is 0 Å². The van der Waals surface area contributed by atoms with Crippen LogP contribution in [0.25, 0.3) is 0 Å². The minimum absolute atomic E-state index is 0.163. The van der Waals surface area contributed by atoms with E-state index in [-0.39, 0.29) is 10.8 Å². The first kappa shape index (κ1) is 16.8. The van der Waals surface area contributed by atoms with Crippen LogP contribution in [0.3, 0.4) is 0 Å². The molecule has 0 atom stereocenters. The van der Waals surface area contributed by atoms with Crippen molar-refractivity contribution in [1.82, 2.24) is 9.21 Å². The quantitative estimate of drug-likeness (QED) is 0.816. The highest BCUT2D eigenvalue weighted by Gasteiger charge is 2.32. The molecule has 21 heavy (non-hydrogen) atoms. The maximum absolute atomic E-state index is 12.7. The number of amides is 1. The van der Waals surface area contributed by atoms with E-state index in [9.17, 15) is 13.2 Å². The van der Waals surface area contributed by atoms with Crippen LogP contribution in [0.15, 0.2) is 16.3 Å². The van der Waals surface area contributed by atoms with Crippen molar-refractivity contribution in [3.8, 4) is 0 Å². The largest absolute Gasteiger partial charge is 0.338 e. The van der Waals surface area contributed by atoms with E-state index in [1.807, 2.05) is 13.8 Å². The fourth-order valence-corrected chi connectivity index (χ4v) is 6.18. The highest BCUT2D eigenvalue weighted by atomic mass is 32.2. The molecule has 0 unspecified atom stereocenters. The fourth-order valence-electron chi connectivity index (χ4n) is 2.24. The molecule has 2 rings (SSSR count). The van der Waals surface area contributed by atoms with Gasteiger partial charge in [-0.25, -0.2) is 8.42 Å². The Kier molecular flexibility index (Phi) is 5.70. The monoisotopic (exact) mass is 348 g/mol. The number of nitrogens with zero attached hydrogens (tertiary/aromatic N) is 2. The Morgan fingerprint density at radius 1 is 1.29 bits per heavy atom. The van der Waals surface area contributed by atoms with Crippen LogP contribution in [-0.4, -0.2) is 61.2 Å². The average Bonchev–Trinajstić information content (AvgIpc) is 2.99. The fraction of sp³-hybridized carbons (Fsp3) is 0.615. The van der Waals surface area contributed by atoms with Crippen LogP contribution in [0.4, 0.5) is 0 Å². The lowest BCUT2D eigenvalue weighted by Gasteiger charge is -2.26. The molecule has 0 saturated carbocycles. The standard InChI is InChI=1S/C13H20N2O3S3/c1-3-14(4-2)13(16)12-11(5-8-20-12)21(17,18)15-6-9-19-10-7-15/h5,8H,3-4,6-7,9-10H2,1-2H3. The summed E-state index contributed by atoms with van der Waals surface area (Å²) in [5, 5.41) is 1.68. The Hall–Kier alpha value is -0.570. The first-order valence-electron chi connectivity index (χ1n) is 6.97. The van der Waals surface area contributed by atoms with E-state index in [2.05, 4.69) is 0 Å². The van der Waals surface area contributed by atoms with Crippen molar-refractivity contribution in [2.24, 2.45) is 0 Å². The van der Waals surface area contributed by atoms with E-state index in [0.717, 1.165) is 11.5 Å². The lowest BCUT2D eigenvalue weighted by atomic mass is 10.4. The number of sulfonamides is 1. The zero-order valence-corrected chi connectivity index (χ0v) is 14.7. The van der Waals surface area contributed by atoms with Gasteiger partial charge in [0.15, 0.2) is 0 Å². The Labute approximate surface area is 134 Å². The molecule has 1 aliphatic heterocycles. The first-order valence-corrected chi connectivity index (χ1v) is 10.4. The summed E-state index contributed by atoms with van der Waals surface area (Å²) in [6.07, 6.45) is 0. The van der Waals surface area contributed by atoms with Gasteiger partial charge in [0.25, 0.3) is 5.91 Å². The highest BCUT2D eigenvalue weighted by Crippen LogP contribution is 2.28. The molecular formula is C13H20N2O3S3. The van der Waals surface area contributed by atoms with Crippen LogP contribution in [0.1, 0.15) is 23.5 Å². The molecule has 0 bridgehead atoms. The number of thiophene rings is 1. The maximum Gasteiger partial charge on any atom is 0.265 e. The van der Waals surface area contributed by atoms with Gasteiger partial charge in [-0.1, -0.05) is 0 Å². The summed E-state index contributed by atoms with van der Waals surface area (Å²) >= 11 is 2.96. The minimum atomic E-state index is -3.56. The Bertz CT molecular complexity index is 588. The summed E-state index contributed by atoms with van der Waals surface area (Å²) in [6.45, 7) is 5.97. The molecular weight excluding hydrogens is 328 g/mol. The molecule has 1 amide bonds. The van der Waals surface area contributed by atoms with Crippen LogP contribution in [0.5, 0.6) is 0 Å². The summed E-state index contributed by atoms with van der Waals surface area (Å²) in [7, 11) is -3.56.